The molecule has 3 heteroatoms. The van der Waals surface area contributed by atoms with Gasteiger partial charge in [0, 0.05) is 18.0 Å². The van der Waals surface area contributed by atoms with E-state index in [0.717, 1.165) is 31.0 Å². The van der Waals surface area contributed by atoms with Gasteiger partial charge in [-0.3, -0.25) is 4.79 Å². The fraction of sp³-hybridized carbons (Fsp3) is 0.571. The molecular weight excluding hydrogens is 296 g/mol. The van der Waals surface area contributed by atoms with Crippen molar-refractivity contribution in [2.24, 2.45) is 5.92 Å². The highest BCUT2D eigenvalue weighted by atomic mass is 16.1. The number of aromatic nitrogens is 1. The van der Waals surface area contributed by atoms with Gasteiger partial charge in [0.1, 0.15) is 0 Å². The van der Waals surface area contributed by atoms with E-state index < -0.39 is 0 Å². The molecule has 0 N–H and O–H groups in total. The second-order valence-corrected chi connectivity index (χ2v) is 7.44. The highest BCUT2D eigenvalue weighted by molar-refractivity contribution is 5.60. The lowest BCUT2D eigenvalue weighted by molar-refractivity contribution is 0.0551. The van der Waals surface area contributed by atoms with Crippen LogP contribution in [0, 0.1) is 5.92 Å². The van der Waals surface area contributed by atoms with Gasteiger partial charge in [-0.1, -0.05) is 32.1 Å². The highest BCUT2D eigenvalue weighted by Gasteiger charge is 2.35. The Labute approximate surface area is 144 Å². The molecule has 3 aliphatic heterocycles. The number of piperidine rings is 3. The summed E-state index contributed by atoms with van der Waals surface area (Å²) >= 11 is 0. The van der Waals surface area contributed by atoms with Crippen molar-refractivity contribution >= 4 is 11.6 Å². The summed E-state index contributed by atoms with van der Waals surface area (Å²) in [6, 6.07) is 0.366. The van der Waals surface area contributed by atoms with E-state index in [0.29, 0.717) is 12.0 Å². The Balaban J connectivity index is 1.95. The third-order valence-corrected chi connectivity index (χ3v) is 6.19. The standard InChI is InChI=1S/C21H28N2O/c1-3-15-7-5-6-8-18-20(15)16(4-2)13-23(21(18)24)19-14-22-11-9-17(19)10-12-22/h5,7-8,13,17,19H,3-4,6,9-12,14H2,1-2H3. The van der Waals surface area contributed by atoms with E-state index in [-0.39, 0.29) is 5.56 Å². The predicted molar refractivity (Wildman–Crippen MR) is 99.5 cm³/mol. The van der Waals surface area contributed by atoms with E-state index in [2.05, 4.69) is 47.7 Å². The van der Waals surface area contributed by atoms with Crippen LogP contribution in [0.25, 0.3) is 11.6 Å². The Morgan fingerprint density at radius 2 is 1.96 bits per heavy atom. The minimum atomic E-state index is 0.232. The van der Waals surface area contributed by atoms with Crippen molar-refractivity contribution in [2.75, 3.05) is 19.6 Å². The van der Waals surface area contributed by atoms with Gasteiger partial charge in [-0.25, -0.2) is 0 Å². The lowest BCUT2D eigenvalue weighted by Gasteiger charge is -2.45. The molecule has 0 aromatic carbocycles. The largest absolute Gasteiger partial charge is 0.310 e. The van der Waals surface area contributed by atoms with Crippen LogP contribution < -0.4 is 16.0 Å². The van der Waals surface area contributed by atoms with Gasteiger partial charge in [-0.2, -0.15) is 0 Å². The molecule has 2 bridgehead atoms. The highest BCUT2D eigenvalue weighted by Crippen LogP contribution is 2.34. The van der Waals surface area contributed by atoms with Gasteiger partial charge in [0.15, 0.2) is 0 Å². The molecule has 1 aromatic rings. The first kappa shape index (κ1) is 15.9. The number of fused-ring (bicyclic) bond motifs is 4. The number of allylic oxidation sites excluding steroid dienone is 2. The number of rotatable bonds is 3. The summed E-state index contributed by atoms with van der Waals surface area (Å²) in [5.41, 5.74) is 2.88. The Morgan fingerprint density at radius 1 is 1.17 bits per heavy atom. The lowest BCUT2D eigenvalue weighted by atomic mass is 9.83. The summed E-state index contributed by atoms with van der Waals surface area (Å²) in [5, 5.41) is 2.17. The zero-order valence-corrected chi connectivity index (χ0v) is 14.9. The van der Waals surface area contributed by atoms with E-state index >= 15 is 0 Å². The van der Waals surface area contributed by atoms with Crippen LogP contribution >= 0.6 is 0 Å². The summed E-state index contributed by atoms with van der Waals surface area (Å²) in [7, 11) is 0. The van der Waals surface area contributed by atoms with Crippen LogP contribution in [0.3, 0.4) is 0 Å². The Morgan fingerprint density at radius 3 is 2.58 bits per heavy atom. The van der Waals surface area contributed by atoms with Gasteiger partial charge in [-0.15, -0.1) is 0 Å². The van der Waals surface area contributed by atoms with Crippen LogP contribution in [0.4, 0.5) is 0 Å². The molecule has 128 valence electrons. The summed E-state index contributed by atoms with van der Waals surface area (Å²) in [6.45, 7) is 7.88. The van der Waals surface area contributed by atoms with Crippen molar-refractivity contribution in [2.45, 2.75) is 52.0 Å². The maximum Gasteiger partial charge on any atom is 0.258 e. The Hall–Kier alpha value is -1.61. The molecule has 0 spiro atoms. The number of pyridine rings is 1. The maximum atomic E-state index is 13.3. The quantitative estimate of drug-likeness (QED) is 0.849. The molecule has 1 atom stereocenters. The zero-order valence-electron chi connectivity index (χ0n) is 14.9. The Kier molecular flexibility index (Phi) is 4.21. The molecule has 5 rings (SSSR count). The summed E-state index contributed by atoms with van der Waals surface area (Å²) < 4.78 is 2.10. The molecule has 3 nitrogen and oxygen atoms in total. The minimum absolute atomic E-state index is 0.232. The predicted octanol–water partition coefficient (Wildman–Crippen LogP) is 1.98. The second-order valence-electron chi connectivity index (χ2n) is 7.44. The second kappa shape index (κ2) is 6.36. The van der Waals surface area contributed by atoms with Crippen LogP contribution in [-0.2, 0) is 6.42 Å². The van der Waals surface area contributed by atoms with Gasteiger partial charge in [-0.05, 0) is 67.5 Å². The summed E-state index contributed by atoms with van der Waals surface area (Å²) in [5.74, 6) is 0.675. The number of hydrogen-bond donors (Lipinski definition) is 0. The summed E-state index contributed by atoms with van der Waals surface area (Å²) in [4.78, 5) is 15.9. The molecule has 1 aliphatic carbocycles. The lowest BCUT2D eigenvalue weighted by Crippen LogP contribution is -2.54. The SMILES string of the molecule is CCC1=c2c(CC)cn(C3CN4CCC3CC4)c(=O)c2=CCC=C1. The fourth-order valence-electron chi connectivity index (χ4n) is 4.82. The van der Waals surface area contributed by atoms with Crippen molar-refractivity contribution < 1.29 is 0 Å². The fourth-order valence-corrected chi connectivity index (χ4v) is 4.82. The smallest absolute Gasteiger partial charge is 0.258 e. The molecule has 0 radical (unpaired) electrons. The maximum absolute atomic E-state index is 13.3. The van der Waals surface area contributed by atoms with E-state index in [4.69, 9.17) is 0 Å². The minimum Gasteiger partial charge on any atom is -0.310 e. The van der Waals surface area contributed by atoms with Crippen LogP contribution in [0.15, 0.2) is 23.1 Å². The first-order chi connectivity index (χ1) is 11.7. The van der Waals surface area contributed by atoms with E-state index in [1.165, 1.54) is 42.3 Å². The first-order valence-corrected chi connectivity index (χ1v) is 9.59. The molecule has 4 aliphatic rings. The number of aryl methyl sites for hydroxylation is 1. The zero-order chi connectivity index (χ0) is 16.7. The van der Waals surface area contributed by atoms with Crippen molar-refractivity contribution in [3.63, 3.8) is 0 Å². The number of nitrogens with zero attached hydrogens (tertiary/aromatic N) is 2. The van der Waals surface area contributed by atoms with Crippen LogP contribution in [0.2, 0.25) is 0 Å². The van der Waals surface area contributed by atoms with Crippen molar-refractivity contribution in [1.82, 2.24) is 9.47 Å². The summed E-state index contributed by atoms with van der Waals surface area (Å²) in [6.07, 6.45) is 14.1. The van der Waals surface area contributed by atoms with Gasteiger partial charge >= 0.3 is 0 Å². The van der Waals surface area contributed by atoms with Crippen molar-refractivity contribution in [3.8, 4) is 0 Å². The number of hydrogen-bond acceptors (Lipinski definition) is 2. The average Bonchev–Trinajstić information content (AvgIpc) is 2.86. The molecule has 0 amide bonds. The molecular formula is C21H28N2O. The molecule has 3 saturated heterocycles. The van der Waals surface area contributed by atoms with Crippen LogP contribution in [-0.4, -0.2) is 29.1 Å². The topological polar surface area (TPSA) is 25.2 Å². The van der Waals surface area contributed by atoms with E-state index in [9.17, 15) is 4.79 Å². The van der Waals surface area contributed by atoms with Gasteiger partial charge in [0.25, 0.3) is 5.56 Å². The first-order valence-electron chi connectivity index (χ1n) is 9.59. The molecule has 24 heavy (non-hydrogen) atoms. The van der Waals surface area contributed by atoms with Crippen LogP contribution in [0.1, 0.15) is 51.1 Å². The van der Waals surface area contributed by atoms with Crippen molar-refractivity contribution in [3.05, 3.63) is 44.7 Å². The molecule has 0 saturated carbocycles. The van der Waals surface area contributed by atoms with Crippen LogP contribution in [0.5, 0.6) is 0 Å². The molecule has 1 unspecified atom stereocenters. The molecule has 4 heterocycles. The Bertz CT molecular complexity index is 838. The third-order valence-electron chi connectivity index (χ3n) is 6.19. The van der Waals surface area contributed by atoms with Gasteiger partial charge in [0.05, 0.1) is 6.04 Å². The van der Waals surface area contributed by atoms with Gasteiger partial charge < -0.3 is 9.47 Å². The van der Waals surface area contributed by atoms with E-state index in [1.807, 2.05) is 0 Å². The molecule has 3 fully saturated rings. The van der Waals surface area contributed by atoms with Crippen molar-refractivity contribution in [1.29, 1.82) is 0 Å². The third kappa shape index (κ3) is 2.50. The molecule has 1 aromatic heterocycles. The monoisotopic (exact) mass is 324 g/mol. The average molecular weight is 324 g/mol. The van der Waals surface area contributed by atoms with E-state index in [1.54, 1.807) is 0 Å². The van der Waals surface area contributed by atoms with Gasteiger partial charge in [0.2, 0.25) is 0 Å². The normalized spacial score (nSPS) is 28.4.